The van der Waals surface area contributed by atoms with Gasteiger partial charge in [0.05, 0.1) is 5.84 Å². The van der Waals surface area contributed by atoms with E-state index in [1.54, 1.807) is 7.05 Å². The number of amidine groups is 1. The fourth-order valence-corrected chi connectivity index (χ4v) is 2.00. The summed E-state index contributed by atoms with van der Waals surface area (Å²) >= 11 is 0. The minimum absolute atomic E-state index is 0.851. The van der Waals surface area contributed by atoms with Gasteiger partial charge in [-0.3, -0.25) is 4.99 Å². The number of hydrogen-bond acceptors (Lipinski definition) is 1. The number of aryl methyl sites for hydroxylation is 2. The highest BCUT2D eigenvalue weighted by Gasteiger charge is 1.92. The Morgan fingerprint density at radius 2 is 1.19 bits per heavy atom. The van der Waals surface area contributed by atoms with Crippen LogP contribution in [0, 0.1) is 13.8 Å². The molecule has 32 heavy (non-hydrogen) atoms. The second-order valence-electron chi connectivity index (χ2n) is 7.19. The Labute approximate surface area is 200 Å². The quantitative estimate of drug-likeness (QED) is 0.288. The molecule has 0 aliphatic carbocycles. The number of aliphatic imine (C=N–C) groups is 1. The Hall–Kier alpha value is -2.61. The Balaban J connectivity index is -0.000000401. The minimum atomic E-state index is 0.851. The fraction of sp³-hybridized carbons (Fsp3) is 0.433. The van der Waals surface area contributed by atoms with Crippen LogP contribution in [0.4, 0.5) is 0 Å². The second kappa shape index (κ2) is 23.1. The molecule has 180 valence electrons. The molecule has 0 saturated heterocycles. The zero-order valence-electron chi connectivity index (χ0n) is 23.1. The number of allylic oxidation sites excluding steroid dienone is 3. The highest BCUT2D eigenvalue weighted by molar-refractivity contribution is 5.79. The molecule has 0 fully saturated rings. The highest BCUT2D eigenvalue weighted by Crippen LogP contribution is 2.13. The van der Waals surface area contributed by atoms with E-state index in [-0.39, 0.29) is 0 Å². The van der Waals surface area contributed by atoms with Gasteiger partial charge >= 0.3 is 0 Å². The number of rotatable bonds is 3. The number of hydrogen-bond donors (Lipinski definition) is 1. The summed E-state index contributed by atoms with van der Waals surface area (Å²) in [6.45, 7) is 26.7. The van der Waals surface area contributed by atoms with Crippen LogP contribution < -0.4 is 5.32 Å². The van der Waals surface area contributed by atoms with Crippen LogP contribution in [-0.4, -0.2) is 12.9 Å². The van der Waals surface area contributed by atoms with Crippen LogP contribution in [0.5, 0.6) is 0 Å². The van der Waals surface area contributed by atoms with Crippen molar-refractivity contribution in [3.05, 3.63) is 89.0 Å². The lowest BCUT2D eigenvalue weighted by atomic mass is 10.1. The van der Waals surface area contributed by atoms with Gasteiger partial charge in [0.1, 0.15) is 0 Å². The maximum Gasteiger partial charge on any atom is 0.0930 e. The first-order chi connectivity index (χ1) is 15.2. The molecular formula is C30H50N2. The summed E-state index contributed by atoms with van der Waals surface area (Å²) in [6, 6.07) is 17.1. The van der Waals surface area contributed by atoms with E-state index in [2.05, 4.69) is 99.2 Å². The lowest BCUT2D eigenvalue weighted by Gasteiger charge is -2.04. The van der Waals surface area contributed by atoms with Crippen LogP contribution in [0.2, 0.25) is 0 Å². The Bertz CT molecular complexity index is 744. The average molecular weight is 439 g/mol. The van der Waals surface area contributed by atoms with E-state index in [9.17, 15) is 0 Å². The number of nitrogens with zero attached hydrogens (tertiary/aromatic N) is 1. The van der Waals surface area contributed by atoms with Crippen molar-refractivity contribution >= 4 is 11.4 Å². The first-order valence-corrected chi connectivity index (χ1v) is 11.7. The summed E-state index contributed by atoms with van der Waals surface area (Å²) in [5.41, 5.74) is 7.72. The van der Waals surface area contributed by atoms with Crippen LogP contribution in [0.15, 0.2) is 71.8 Å². The molecule has 0 bridgehead atoms. The fourth-order valence-electron chi connectivity index (χ4n) is 2.00. The van der Waals surface area contributed by atoms with E-state index in [1.165, 1.54) is 33.4 Å². The average Bonchev–Trinajstić information content (AvgIpc) is 2.81. The highest BCUT2D eigenvalue weighted by atomic mass is 15.0. The van der Waals surface area contributed by atoms with Crippen LogP contribution >= 0.6 is 0 Å². The molecule has 0 saturated carbocycles. The smallest absolute Gasteiger partial charge is 0.0930 e. The number of nitrogens with one attached hydrogen (secondary N) is 1. The molecule has 0 atom stereocenters. The van der Waals surface area contributed by atoms with Gasteiger partial charge in [0.15, 0.2) is 0 Å². The summed E-state index contributed by atoms with van der Waals surface area (Å²) in [5, 5.41) is 3.22. The SMILES string of the molecule is C/C=C(\C)c1ccc(C)cc1.C=C(C)C.CC.CC.CN=C(C)NCc1ccc(C)cc1. The van der Waals surface area contributed by atoms with Crippen molar-refractivity contribution in [3.63, 3.8) is 0 Å². The largest absolute Gasteiger partial charge is 0.370 e. The molecule has 0 aliphatic heterocycles. The third-order valence-corrected chi connectivity index (χ3v) is 3.94. The molecule has 2 heteroatoms. The Morgan fingerprint density at radius 1 is 0.812 bits per heavy atom. The molecule has 0 aliphatic rings. The predicted octanol–water partition coefficient (Wildman–Crippen LogP) is 9.19. The summed E-state index contributed by atoms with van der Waals surface area (Å²) in [5.74, 6) is 0.973. The second-order valence-corrected chi connectivity index (χ2v) is 7.19. The van der Waals surface area contributed by atoms with Gasteiger partial charge < -0.3 is 5.32 Å². The lowest BCUT2D eigenvalue weighted by molar-refractivity contribution is 0.905. The predicted molar refractivity (Wildman–Crippen MR) is 151 cm³/mol. The molecule has 1 N–H and O–H groups in total. The van der Waals surface area contributed by atoms with Crippen LogP contribution in [0.1, 0.15) is 84.6 Å². The summed E-state index contributed by atoms with van der Waals surface area (Å²) in [7, 11) is 1.79. The van der Waals surface area contributed by atoms with E-state index in [0.717, 1.165) is 12.4 Å². The van der Waals surface area contributed by atoms with Gasteiger partial charge in [0.2, 0.25) is 0 Å². The molecule has 0 amide bonds. The van der Waals surface area contributed by atoms with Gasteiger partial charge in [-0.1, -0.05) is 99.0 Å². The zero-order valence-corrected chi connectivity index (χ0v) is 23.1. The Kier molecular flexibility index (Phi) is 24.5. The molecule has 2 aromatic carbocycles. The third kappa shape index (κ3) is 20.7. The van der Waals surface area contributed by atoms with Crippen molar-refractivity contribution in [2.45, 2.75) is 82.7 Å². The zero-order chi connectivity index (χ0) is 25.5. The topological polar surface area (TPSA) is 24.4 Å². The maximum absolute atomic E-state index is 4.03. The van der Waals surface area contributed by atoms with Crippen molar-refractivity contribution in [2.24, 2.45) is 4.99 Å². The summed E-state index contributed by atoms with van der Waals surface area (Å²) < 4.78 is 0. The van der Waals surface area contributed by atoms with Crippen LogP contribution in [0.25, 0.3) is 5.57 Å². The molecule has 2 rings (SSSR count). The van der Waals surface area contributed by atoms with E-state index in [4.69, 9.17) is 0 Å². The maximum atomic E-state index is 4.03. The standard InChI is InChI=1S/C11H16N2.C11H14.C4H8.2C2H6/c1-9-4-6-11(7-5-9)8-13-10(2)12-3;1-4-10(3)11-7-5-9(2)6-8-11;1-4(2)3;2*1-2/h4-7H,8H2,1-3H3,(H,12,13);4-8H,1-3H3;1H2,2-3H3;2*1-2H3/b;10-4+;;;. The van der Waals surface area contributed by atoms with Gasteiger partial charge in [0.25, 0.3) is 0 Å². The first kappa shape index (κ1) is 34.0. The van der Waals surface area contributed by atoms with Crippen molar-refractivity contribution < 1.29 is 0 Å². The van der Waals surface area contributed by atoms with Gasteiger partial charge in [-0.2, -0.15) is 0 Å². The monoisotopic (exact) mass is 438 g/mol. The molecule has 0 unspecified atom stereocenters. The van der Waals surface area contributed by atoms with E-state index in [0.29, 0.717) is 0 Å². The van der Waals surface area contributed by atoms with Gasteiger partial charge in [0, 0.05) is 13.6 Å². The lowest BCUT2D eigenvalue weighted by Crippen LogP contribution is -2.19. The van der Waals surface area contributed by atoms with Gasteiger partial charge in [-0.05, 0) is 65.2 Å². The van der Waals surface area contributed by atoms with Crippen molar-refractivity contribution in [1.29, 1.82) is 0 Å². The van der Waals surface area contributed by atoms with Crippen LogP contribution in [0.3, 0.4) is 0 Å². The molecule has 0 aromatic heterocycles. The minimum Gasteiger partial charge on any atom is -0.370 e. The number of benzene rings is 2. The van der Waals surface area contributed by atoms with E-state index >= 15 is 0 Å². The van der Waals surface area contributed by atoms with Crippen molar-refractivity contribution in [1.82, 2.24) is 5.32 Å². The Morgan fingerprint density at radius 3 is 1.53 bits per heavy atom. The summed E-state index contributed by atoms with van der Waals surface area (Å²) in [6.07, 6.45) is 2.13. The molecule has 0 radical (unpaired) electrons. The van der Waals surface area contributed by atoms with E-state index in [1.807, 2.05) is 48.5 Å². The molecule has 2 nitrogen and oxygen atoms in total. The van der Waals surface area contributed by atoms with Gasteiger partial charge in [-0.15, -0.1) is 6.58 Å². The molecule has 0 heterocycles. The van der Waals surface area contributed by atoms with Crippen molar-refractivity contribution in [3.8, 4) is 0 Å². The van der Waals surface area contributed by atoms with Crippen LogP contribution in [-0.2, 0) is 6.54 Å². The van der Waals surface area contributed by atoms with Gasteiger partial charge in [-0.25, -0.2) is 0 Å². The van der Waals surface area contributed by atoms with E-state index < -0.39 is 0 Å². The van der Waals surface area contributed by atoms with Crippen molar-refractivity contribution in [2.75, 3.05) is 7.05 Å². The normalized spacial score (nSPS) is 9.88. The summed E-state index contributed by atoms with van der Waals surface area (Å²) in [4.78, 5) is 4.03. The third-order valence-electron chi connectivity index (χ3n) is 3.94. The molecule has 0 spiro atoms. The molecular weight excluding hydrogens is 388 g/mol. The first-order valence-electron chi connectivity index (χ1n) is 11.7. The molecule has 2 aromatic rings.